The lowest BCUT2D eigenvalue weighted by atomic mass is 9.74. The molecule has 1 amide bonds. The van der Waals surface area contributed by atoms with Crippen LogP contribution in [0.2, 0.25) is 0 Å². The van der Waals surface area contributed by atoms with Crippen molar-refractivity contribution in [1.82, 2.24) is 19.9 Å². The summed E-state index contributed by atoms with van der Waals surface area (Å²) in [6.45, 7) is 7.61. The number of pyridine rings is 1. The molecule has 1 saturated heterocycles. The van der Waals surface area contributed by atoms with Crippen molar-refractivity contribution < 1.29 is 14.3 Å². The van der Waals surface area contributed by atoms with Crippen LogP contribution in [-0.4, -0.2) is 47.3 Å². The zero-order valence-electron chi connectivity index (χ0n) is 20.6. The normalized spacial score (nSPS) is 15.3. The fourth-order valence-corrected chi connectivity index (χ4v) is 4.68. The van der Waals surface area contributed by atoms with Gasteiger partial charge in [-0.15, -0.1) is 0 Å². The maximum atomic E-state index is 13.6. The Morgan fingerprint density at radius 2 is 1.91 bits per heavy atom. The Morgan fingerprint density at radius 3 is 2.51 bits per heavy atom. The number of carbonyl (C=O) groups is 1. The van der Waals surface area contributed by atoms with Gasteiger partial charge in [-0.2, -0.15) is 0 Å². The first-order chi connectivity index (χ1) is 16.8. The van der Waals surface area contributed by atoms with Gasteiger partial charge in [0, 0.05) is 37.4 Å². The third-order valence-corrected chi connectivity index (χ3v) is 6.86. The molecule has 1 aliphatic heterocycles. The molecule has 3 heterocycles. The predicted octanol–water partition coefficient (Wildman–Crippen LogP) is 2.71. The molecule has 35 heavy (non-hydrogen) atoms. The van der Waals surface area contributed by atoms with Crippen molar-refractivity contribution in [3.63, 3.8) is 0 Å². The molecule has 9 nitrogen and oxygen atoms in total. The van der Waals surface area contributed by atoms with E-state index in [1.165, 1.54) is 4.57 Å². The first-order valence-electron chi connectivity index (χ1n) is 12.0. The molecular weight excluding hydrogens is 448 g/mol. The van der Waals surface area contributed by atoms with Crippen molar-refractivity contribution in [2.24, 2.45) is 0 Å². The van der Waals surface area contributed by atoms with E-state index in [0.717, 1.165) is 24.2 Å². The summed E-state index contributed by atoms with van der Waals surface area (Å²) in [5.41, 5.74) is 0.742. The zero-order valence-corrected chi connectivity index (χ0v) is 20.6. The highest BCUT2D eigenvalue weighted by Gasteiger charge is 2.35. The second-order valence-corrected chi connectivity index (χ2v) is 9.26. The van der Waals surface area contributed by atoms with E-state index >= 15 is 0 Å². The number of nitrogens with one attached hydrogen (secondary N) is 2. The number of benzene rings is 1. The average molecular weight is 481 g/mol. The average Bonchev–Trinajstić information content (AvgIpc) is 2.87. The van der Waals surface area contributed by atoms with E-state index in [-0.39, 0.29) is 33.8 Å². The standard InChI is InChI=1S/C26H32N4O5/c1-5-30-22-21(24(32)29-25(30)33)19(14-20(28-22)16(2)3)23(31)27-15-26(10-12-35-13-11-26)17-6-8-18(34-4)9-7-17/h6-9,14,16H,5,10-13,15H2,1-4H3,(H,27,31)(H,29,32,33). The maximum Gasteiger partial charge on any atom is 0.329 e. The van der Waals surface area contributed by atoms with Crippen LogP contribution < -0.4 is 21.3 Å². The predicted molar refractivity (Wildman–Crippen MR) is 133 cm³/mol. The molecule has 0 unspecified atom stereocenters. The van der Waals surface area contributed by atoms with Crippen LogP contribution in [0.1, 0.15) is 61.1 Å². The van der Waals surface area contributed by atoms with Crippen LogP contribution in [0.15, 0.2) is 39.9 Å². The van der Waals surface area contributed by atoms with Crippen molar-refractivity contribution in [3.05, 3.63) is 68.0 Å². The number of aryl methyl sites for hydroxylation is 1. The van der Waals surface area contributed by atoms with Crippen molar-refractivity contribution in [2.75, 3.05) is 26.9 Å². The first-order valence-corrected chi connectivity index (χ1v) is 12.0. The summed E-state index contributed by atoms with van der Waals surface area (Å²) in [4.78, 5) is 45.6. The van der Waals surface area contributed by atoms with Crippen molar-refractivity contribution in [3.8, 4) is 5.75 Å². The molecule has 0 radical (unpaired) electrons. The Morgan fingerprint density at radius 1 is 1.23 bits per heavy atom. The van der Waals surface area contributed by atoms with E-state index in [0.29, 0.717) is 32.0 Å². The number of aromatic amines is 1. The van der Waals surface area contributed by atoms with Gasteiger partial charge in [0.05, 0.1) is 18.1 Å². The van der Waals surface area contributed by atoms with Crippen LogP contribution in [0.25, 0.3) is 11.0 Å². The molecule has 4 rings (SSSR count). The highest BCUT2D eigenvalue weighted by molar-refractivity contribution is 6.05. The smallest absolute Gasteiger partial charge is 0.329 e. The highest BCUT2D eigenvalue weighted by Crippen LogP contribution is 2.35. The van der Waals surface area contributed by atoms with Gasteiger partial charge >= 0.3 is 5.69 Å². The zero-order chi connectivity index (χ0) is 25.2. The van der Waals surface area contributed by atoms with E-state index in [1.54, 1.807) is 20.1 Å². The Bertz CT molecular complexity index is 1330. The number of rotatable bonds is 7. The SMILES string of the molecule is CCn1c(=O)[nH]c(=O)c2c(C(=O)NCC3(c4ccc(OC)cc4)CCOCC3)cc(C(C)C)nc21. The van der Waals surface area contributed by atoms with Crippen LogP contribution in [0, 0.1) is 0 Å². The number of nitrogens with zero attached hydrogens (tertiary/aromatic N) is 2. The Labute approximate surface area is 203 Å². The number of carbonyl (C=O) groups excluding carboxylic acids is 1. The van der Waals surface area contributed by atoms with Crippen LogP contribution in [-0.2, 0) is 16.7 Å². The number of hydrogen-bond acceptors (Lipinski definition) is 6. The summed E-state index contributed by atoms with van der Waals surface area (Å²) in [7, 11) is 1.63. The molecule has 1 fully saturated rings. The summed E-state index contributed by atoms with van der Waals surface area (Å²) in [6, 6.07) is 9.55. The fraction of sp³-hybridized carbons (Fsp3) is 0.462. The van der Waals surface area contributed by atoms with Crippen LogP contribution in [0.3, 0.4) is 0 Å². The van der Waals surface area contributed by atoms with Gasteiger partial charge in [0.25, 0.3) is 11.5 Å². The third-order valence-electron chi connectivity index (χ3n) is 6.86. The van der Waals surface area contributed by atoms with Gasteiger partial charge in [-0.1, -0.05) is 26.0 Å². The van der Waals surface area contributed by atoms with Crippen molar-refractivity contribution >= 4 is 16.9 Å². The van der Waals surface area contributed by atoms with Crippen molar-refractivity contribution in [1.29, 1.82) is 0 Å². The Hall–Kier alpha value is -3.46. The first kappa shape index (κ1) is 24.7. The third kappa shape index (κ3) is 4.73. The van der Waals surface area contributed by atoms with Gasteiger partial charge in [0.2, 0.25) is 0 Å². The molecule has 0 atom stereocenters. The highest BCUT2D eigenvalue weighted by atomic mass is 16.5. The maximum absolute atomic E-state index is 13.6. The topological polar surface area (TPSA) is 115 Å². The number of methoxy groups -OCH3 is 1. The number of H-pyrrole nitrogens is 1. The Balaban J connectivity index is 1.74. The molecule has 2 N–H and O–H groups in total. The van der Waals surface area contributed by atoms with Gasteiger partial charge in [-0.05, 0) is 49.4 Å². The van der Waals surface area contributed by atoms with Crippen LogP contribution in [0.4, 0.5) is 0 Å². The van der Waals surface area contributed by atoms with E-state index in [9.17, 15) is 14.4 Å². The quantitative estimate of drug-likeness (QED) is 0.537. The van der Waals surface area contributed by atoms with Gasteiger partial charge < -0.3 is 14.8 Å². The minimum Gasteiger partial charge on any atom is -0.497 e. The summed E-state index contributed by atoms with van der Waals surface area (Å²) in [6.07, 6.45) is 1.51. The molecular formula is C26H32N4O5. The summed E-state index contributed by atoms with van der Waals surface area (Å²) in [5, 5.41) is 3.20. The molecule has 1 aliphatic rings. The number of aromatic nitrogens is 3. The monoisotopic (exact) mass is 480 g/mol. The van der Waals surface area contributed by atoms with E-state index in [4.69, 9.17) is 9.47 Å². The second-order valence-electron chi connectivity index (χ2n) is 9.26. The largest absolute Gasteiger partial charge is 0.497 e. The molecule has 0 saturated carbocycles. The molecule has 186 valence electrons. The number of hydrogen-bond donors (Lipinski definition) is 2. The van der Waals surface area contributed by atoms with Crippen molar-refractivity contribution in [2.45, 2.75) is 51.5 Å². The lowest BCUT2D eigenvalue weighted by Crippen LogP contribution is -2.45. The van der Waals surface area contributed by atoms with Gasteiger partial charge in [0.15, 0.2) is 5.65 Å². The summed E-state index contributed by atoms with van der Waals surface area (Å²) < 4.78 is 12.3. The molecule has 0 aliphatic carbocycles. The molecule has 0 spiro atoms. The summed E-state index contributed by atoms with van der Waals surface area (Å²) >= 11 is 0. The lowest BCUT2D eigenvalue weighted by molar-refractivity contribution is 0.0487. The van der Waals surface area contributed by atoms with Crippen LogP contribution >= 0.6 is 0 Å². The van der Waals surface area contributed by atoms with E-state index < -0.39 is 11.2 Å². The number of ether oxygens (including phenoxy) is 2. The van der Waals surface area contributed by atoms with Gasteiger partial charge in [-0.3, -0.25) is 19.1 Å². The number of fused-ring (bicyclic) bond motifs is 1. The summed E-state index contributed by atoms with van der Waals surface area (Å²) in [5.74, 6) is 0.405. The molecule has 9 heteroatoms. The minimum atomic E-state index is -0.612. The van der Waals surface area contributed by atoms with Crippen LogP contribution in [0.5, 0.6) is 5.75 Å². The number of amides is 1. The molecule has 1 aromatic carbocycles. The molecule has 3 aromatic rings. The molecule has 2 aromatic heterocycles. The van der Waals surface area contributed by atoms with Gasteiger partial charge in [-0.25, -0.2) is 9.78 Å². The van der Waals surface area contributed by atoms with Gasteiger partial charge in [0.1, 0.15) is 5.75 Å². The fourth-order valence-electron chi connectivity index (χ4n) is 4.68. The second kappa shape index (κ2) is 10.0. The Kier molecular flexibility index (Phi) is 7.07. The minimum absolute atomic E-state index is 0.00628. The van der Waals surface area contributed by atoms with E-state index in [2.05, 4.69) is 15.3 Å². The molecule has 0 bridgehead atoms. The lowest BCUT2D eigenvalue weighted by Gasteiger charge is -2.38. The van der Waals surface area contributed by atoms with E-state index in [1.807, 2.05) is 38.1 Å².